The minimum Gasteiger partial charge on any atom is -0.238 e. The van der Waals surface area contributed by atoms with Crippen molar-refractivity contribution in [3.05, 3.63) is 40.9 Å². The summed E-state index contributed by atoms with van der Waals surface area (Å²) in [6.07, 6.45) is 1.78. The molecule has 0 saturated heterocycles. The normalized spacial score (nSPS) is 9.87. The van der Waals surface area contributed by atoms with Crippen LogP contribution >= 0.6 is 23.1 Å². The molecule has 15 heavy (non-hydrogen) atoms. The van der Waals surface area contributed by atoms with Crippen LogP contribution in [0, 0.1) is 18.3 Å². The fourth-order valence-electron chi connectivity index (χ4n) is 1.22. The number of rotatable bonds is 2. The van der Waals surface area contributed by atoms with Crippen LogP contribution in [0.1, 0.15) is 11.1 Å². The first kappa shape index (κ1) is 10.2. The zero-order valence-corrected chi connectivity index (χ0v) is 9.73. The molecule has 0 aliphatic carbocycles. The zero-order chi connectivity index (χ0) is 10.7. The van der Waals surface area contributed by atoms with Crippen molar-refractivity contribution in [2.45, 2.75) is 16.2 Å². The number of hydrogen-bond donors (Lipinski definition) is 0. The van der Waals surface area contributed by atoms with Crippen molar-refractivity contribution in [2.24, 2.45) is 0 Å². The van der Waals surface area contributed by atoms with E-state index in [1.54, 1.807) is 29.3 Å². The highest BCUT2D eigenvalue weighted by atomic mass is 32.2. The summed E-state index contributed by atoms with van der Waals surface area (Å²) < 4.78 is 0.973. The van der Waals surface area contributed by atoms with Crippen LogP contribution in [0.5, 0.6) is 0 Å². The summed E-state index contributed by atoms with van der Waals surface area (Å²) in [5.41, 5.74) is 1.84. The van der Waals surface area contributed by atoms with Crippen LogP contribution in [0.4, 0.5) is 0 Å². The maximum absolute atomic E-state index is 8.99. The van der Waals surface area contributed by atoms with E-state index < -0.39 is 0 Å². The summed E-state index contributed by atoms with van der Waals surface area (Å²) in [5, 5.41) is 10.9. The number of hydrogen-bond acceptors (Lipinski definition) is 4. The lowest BCUT2D eigenvalue weighted by Gasteiger charge is -2.04. The summed E-state index contributed by atoms with van der Waals surface area (Å²) in [6.45, 7) is 2.01. The summed E-state index contributed by atoms with van der Waals surface area (Å²) in [5.74, 6) is 0. The molecule has 0 saturated carbocycles. The van der Waals surface area contributed by atoms with Crippen LogP contribution in [0.2, 0.25) is 0 Å². The fraction of sp³-hybridized carbons (Fsp3) is 0.0909. The third-order valence-electron chi connectivity index (χ3n) is 1.93. The molecule has 74 valence electrons. The van der Waals surface area contributed by atoms with Crippen LogP contribution in [0.25, 0.3) is 0 Å². The minimum atomic E-state index is 0.718. The van der Waals surface area contributed by atoms with Crippen molar-refractivity contribution in [3.8, 4) is 6.07 Å². The first-order valence-corrected chi connectivity index (χ1v) is 6.08. The molecule has 1 heterocycles. The molecule has 0 aliphatic rings. The number of benzene rings is 1. The Morgan fingerprint density at radius 3 is 3.00 bits per heavy atom. The topological polar surface area (TPSA) is 36.7 Å². The van der Waals surface area contributed by atoms with Gasteiger partial charge in [0, 0.05) is 16.5 Å². The number of nitriles is 1. The first-order valence-electron chi connectivity index (χ1n) is 4.38. The molecule has 0 amide bonds. The average Bonchev–Trinajstić information content (AvgIpc) is 2.74. The van der Waals surface area contributed by atoms with E-state index in [4.69, 9.17) is 5.26 Å². The Bertz CT molecular complexity index is 498. The van der Waals surface area contributed by atoms with Gasteiger partial charge in [0.25, 0.3) is 0 Å². The predicted molar refractivity (Wildman–Crippen MR) is 62.1 cm³/mol. The monoisotopic (exact) mass is 232 g/mol. The van der Waals surface area contributed by atoms with Gasteiger partial charge in [-0.2, -0.15) is 5.26 Å². The number of aromatic nitrogens is 1. The lowest BCUT2D eigenvalue weighted by atomic mass is 10.1. The lowest BCUT2D eigenvalue weighted by Crippen LogP contribution is -1.85. The summed E-state index contributed by atoms with van der Waals surface area (Å²) in [7, 11) is 0. The van der Waals surface area contributed by atoms with Gasteiger partial charge in [-0.1, -0.05) is 23.9 Å². The molecule has 0 spiro atoms. The molecular formula is C11H8N2S2. The van der Waals surface area contributed by atoms with Gasteiger partial charge >= 0.3 is 0 Å². The van der Waals surface area contributed by atoms with E-state index in [0.29, 0.717) is 0 Å². The quantitative estimate of drug-likeness (QED) is 0.795. The molecule has 2 nitrogen and oxygen atoms in total. The third-order valence-corrected chi connectivity index (χ3v) is 4.06. The van der Waals surface area contributed by atoms with Crippen molar-refractivity contribution in [3.63, 3.8) is 0 Å². The second-order valence-electron chi connectivity index (χ2n) is 2.96. The maximum atomic E-state index is 8.99. The SMILES string of the molecule is Cc1cccc(C#N)c1Sc1nccs1. The molecule has 0 bridgehead atoms. The summed E-state index contributed by atoms with van der Waals surface area (Å²) >= 11 is 3.15. The fourth-order valence-corrected chi connectivity index (χ4v) is 2.93. The smallest absolute Gasteiger partial charge is 0.154 e. The van der Waals surface area contributed by atoms with E-state index in [1.165, 1.54) is 0 Å². The second kappa shape index (κ2) is 4.47. The van der Waals surface area contributed by atoms with Gasteiger partial charge in [0.1, 0.15) is 6.07 Å². The molecule has 0 fully saturated rings. The van der Waals surface area contributed by atoms with Crippen molar-refractivity contribution >= 4 is 23.1 Å². The predicted octanol–water partition coefficient (Wildman–Crippen LogP) is 3.47. The second-order valence-corrected chi connectivity index (χ2v) is 5.12. The Hall–Kier alpha value is -1.31. The van der Waals surface area contributed by atoms with Crippen molar-refractivity contribution in [1.29, 1.82) is 5.26 Å². The highest BCUT2D eigenvalue weighted by Gasteiger charge is 2.08. The molecule has 0 N–H and O–H groups in total. The lowest BCUT2D eigenvalue weighted by molar-refractivity contribution is 1.22. The highest BCUT2D eigenvalue weighted by molar-refractivity contribution is 8.01. The molecular weight excluding hydrogens is 224 g/mol. The van der Waals surface area contributed by atoms with Gasteiger partial charge in [-0.05, 0) is 18.6 Å². The van der Waals surface area contributed by atoms with Crippen LogP contribution in [-0.2, 0) is 0 Å². The zero-order valence-electron chi connectivity index (χ0n) is 8.10. The highest BCUT2D eigenvalue weighted by Crippen LogP contribution is 2.33. The van der Waals surface area contributed by atoms with Gasteiger partial charge in [-0.25, -0.2) is 4.98 Å². The number of thiazole rings is 1. The molecule has 0 radical (unpaired) electrons. The first-order chi connectivity index (χ1) is 7.31. The summed E-state index contributed by atoms with van der Waals surface area (Å²) in [4.78, 5) is 5.21. The van der Waals surface area contributed by atoms with Crippen LogP contribution in [-0.4, -0.2) is 4.98 Å². The van der Waals surface area contributed by atoms with Gasteiger partial charge in [0.15, 0.2) is 4.34 Å². The van der Waals surface area contributed by atoms with E-state index in [0.717, 1.165) is 20.4 Å². The van der Waals surface area contributed by atoms with E-state index in [2.05, 4.69) is 11.1 Å². The molecule has 4 heteroatoms. The average molecular weight is 232 g/mol. The van der Waals surface area contributed by atoms with Crippen molar-refractivity contribution in [1.82, 2.24) is 4.98 Å². The standard InChI is InChI=1S/C11H8N2S2/c1-8-3-2-4-9(7-12)10(8)15-11-13-5-6-14-11/h2-6H,1H3. The molecule has 0 aliphatic heterocycles. The molecule has 2 rings (SSSR count). The maximum Gasteiger partial charge on any atom is 0.154 e. The molecule has 0 atom stereocenters. The van der Waals surface area contributed by atoms with Gasteiger partial charge in [-0.3, -0.25) is 0 Å². The van der Waals surface area contributed by atoms with Gasteiger partial charge in [-0.15, -0.1) is 11.3 Å². The Balaban J connectivity index is 2.40. The van der Waals surface area contributed by atoms with E-state index >= 15 is 0 Å². The van der Waals surface area contributed by atoms with Crippen molar-refractivity contribution < 1.29 is 0 Å². The Labute approximate surface area is 96.6 Å². The van der Waals surface area contributed by atoms with E-state index in [-0.39, 0.29) is 0 Å². The number of aryl methyl sites for hydroxylation is 1. The van der Waals surface area contributed by atoms with Crippen LogP contribution in [0.3, 0.4) is 0 Å². The Morgan fingerprint density at radius 1 is 1.47 bits per heavy atom. The molecule has 2 aromatic rings. The van der Waals surface area contributed by atoms with Gasteiger partial charge in [0.05, 0.1) is 5.56 Å². The third kappa shape index (κ3) is 2.20. The van der Waals surface area contributed by atoms with Crippen LogP contribution in [0.15, 0.2) is 39.0 Å². The van der Waals surface area contributed by atoms with Gasteiger partial charge in [0.2, 0.25) is 0 Å². The molecule has 0 unspecified atom stereocenters. The van der Waals surface area contributed by atoms with E-state index in [9.17, 15) is 0 Å². The Kier molecular flexibility index (Phi) is 3.05. The van der Waals surface area contributed by atoms with E-state index in [1.807, 2.05) is 30.5 Å². The van der Waals surface area contributed by atoms with Crippen molar-refractivity contribution in [2.75, 3.05) is 0 Å². The largest absolute Gasteiger partial charge is 0.238 e. The summed E-state index contributed by atoms with van der Waals surface area (Å²) in [6, 6.07) is 7.95. The number of nitrogens with zero attached hydrogens (tertiary/aromatic N) is 2. The molecule has 1 aromatic carbocycles. The minimum absolute atomic E-state index is 0.718. The Morgan fingerprint density at radius 2 is 2.33 bits per heavy atom. The van der Waals surface area contributed by atoms with Crippen LogP contribution < -0.4 is 0 Å². The van der Waals surface area contributed by atoms with Gasteiger partial charge < -0.3 is 0 Å². The molecule has 1 aromatic heterocycles.